The van der Waals surface area contributed by atoms with Gasteiger partial charge in [0.2, 0.25) is 5.91 Å². The number of pyridine rings is 1. The lowest BCUT2D eigenvalue weighted by Crippen LogP contribution is -2.43. The summed E-state index contributed by atoms with van der Waals surface area (Å²) in [6.07, 6.45) is 3.70. The number of ether oxygens (including phenoxy) is 1. The van der Waals surface area contributed by atoms with E-state index in [1.807, 2.05) is 44.4 Å². The second-order valence-electron chi connectivity index (χ2n) is 8.41. The van der Waals surface area contributed by atoms with Crippen molar-refractivity contribution in [2.24, 2.45) is 5.92 Å². The van der Waals surface area contributed by atoms with Crippen LogP contribution in [-0.2, 0) is 22.6 Å². The highest BCUT2D eigenvalue weighted by atomic mass is 16.5. The summed E-state index contributed by atoms with van der Waals surface area (Å²) in [7, 11) is 0. The van der Waals surface area contributed by atoms with E-state index in [0.29, 0.717) is 42.0 Å². The van der Waals surface area contributed by atoms with E-state index in [2.05, 4.69) is 4.98 Å². The average molecular weight is 442 g/mol. The van der Waals surface area contributed by atoms with E-state index >= 15 is 0 Å². The van der Waals surface area contributed by atoms with Gasteiger partial charge in [-0.2, -0.15) is 0 Å². The quantitative estimate of drug-likeness (QED) is 0.405. The molecule has 1 amide bonds. The summed E-state index contributed by atoms with van der Waals surface area (Å²) >= 11 is 0. The van der Waals surface area contributed by atoms with Crippen molar-refractivity contribution in [1.29, 1.82) is 0 Å². The zero-order valence-corrected chi connectivity index (χ0v) is 20.3. The summed E-state index contributed by atoms with van der Waals surface area (Å²) in [6, 6.07) is 3.00. The molecule has 0 spiro atoms. The predicted molar refractivity (Wildman–Crippen MR) is 124 cm³/mol. The van der Waals surface area contributed by atoms with Crippen LogP contribution in [0.2, 0.25) is 0 Å². The number of nitrogens with zero attached hydrogens (tertiary/aromatic N) is 3. The van der Waals surface area contributed by atoms with Crippen LogP contribution in [0.25, 0.3) is 0 Å². The summed E-state index contributed by atoms with van der Waals surface area (Å²) in [5, 5.41) is 0. The van der Waals surface area contributed by atoms with Crippen molar-refractivity contribution in [3.05, 3.63) is 52.6 Å². The summed E-state index contributed by atoms with van der Waals surface area (Å²) in [5.74, 6) is -0.520. The zero-order chi connectivity index (χ0) is 24.0. The Morgan fingerprint density at radius 3 is 2.25 bits per heavy atom. The molecule has 2 heterocycles. The van der Waals surface area contributed by atoms with E-state index in [1.165, 1.54) is 0 Å². The van der Waals surface area contributed by atoms with Crippen LogP contribution in [-0.4, -0.2) is 44.8 Å². The predicted octanol–water partition coefficient (Wildman–Crippen LogP) is 4.34. The molecule has 1 unspecified atom stereocenters. The minimum Gasteiger partial charge on any atom is -0.461 e. The van der Waals surface area contributed by atoms with Crippen molar-refractivity contribution in [1.82, 2.24) is 14.5 Å². The van der Waals surface area contributed by atoms with Crippen LogP contribution in [0.3, 0.4) is 0 Å². The fourth-order valence-electron chi connectivity index (χ4n) is 4.06. The van der Waals surface area contributed by atoms with Crippen molar-refractivity contribution < 1.29 is 19.1 Å². The van der Waals surface area contributed by atoms with Gasteiger partial charge in [-0.1, -0.05) is 13.8 Å². The van der Waals surface area contributed by atoms with Gasteiger partial charge in [-0.3, -0.25) is 14.6 Å². The molecule has 174 valence electrons. The minimum atomic E-state index is -0.686. The third kappa shape index (κ3) is 5.44. The highest BCUT2D eigenvalue weighted by Crippen LogP contribution is 2.26. The third-order valence-corrected chi connectivity index (χ3v) is 5.65. The molecule has 0 N–H and O–H groups in total. The van der Waals surface area contributed by atoms with E-state index in [0.717, 1.165) is 5.56 Å². The lowest BCUT2D eigenvalue weighted by atomic mass is 9.98. The van der Waals surface area contributed by atoms with Gasteiger partial charge in [0.15, 0.2) is 5.78 Å². The molecule has 0 bridgehead atoms. The Morgan fingerprint density at radius 2 is 1.72 bits per heavy atom. The first-order valence-corrected chi connectivity index (χ1v) is 11.2. The molecule has 7 nitrogen and oxygen atoms in total. The molecule has 0 saturated heterocycles. The van der Waals surface area contributed by atoms with Crippen molar-refractivity contribution >= 4 is 17.7 Å². The fraction of sp³-hybridized carbons (Fsp3) is 0.520. The number of hydrogen-bond donors (Lipinski definition) is 0. The lowest BCUT2D eigenvalue weighted by Gasteiger charge is -2.29. The van der Waals surface area contributed by atoms with E-state index in [4.69, 9.17) is 4.74 Å². The van der Waals surface area contributed by atoms with Gasteiger partial charge in [0.05, 0.1) is 12.6 Å². The molecule has 2 aromatic heterocycles. The highest BCUT2D eigenvalue weighted by molar-refractivity contribution is 6.06. The van der Waals surface area contributed by atoms with Gasteiger partial charge in [-0.15, -0.1) is 0 Å². The largest absolute Gasteiger partial charge is 0.461 e. The Kier molecular flexibility index (Phi) is 8.75. The number of rotatable bonds is 10. The van der Waals surface area contributed by atoms with Crippen LogP contribution in [0.1, 0.15) is 78.7 Å². The normalized spacial score (nSPS) is 12.0. The maximum Gasteiger partial charge on any atom is 0.355 e. The maximum absolute atomic E-state index is 13.7. The molecule has 2 rings (SSSR count). The smallest absolute Gasteiger partial charge is 0.355 e. The summed E-state index contributed by atoms with van der Waals surface area (Å²) < 4.78 is 7.04. The number of ketones is 1. The fourth-order valence-corrected chi connectivity index (χ4v) is 4.06. The second-order valence-corrected chi connectivity index (χ2v) is 8.41. The lowest BCUT2D eigenvalue weighted by molar-refractivity contribution is -0.133. The summed E-state index contributed by atoms with van der Waals surface area (Å²) in [4.78, 5) is 45.0. The molecule has 7 heteroatoms. The first-order valence-electron chi connectivity index (χ1n) is 11.2. The van der Waals surface area contributed by atoms with Gasteiger partial charge < -0.3 is 14.2 Å². The van der Waals surface area contributed by atoms with Crippen LogP contribution in [0.5, 0.6) is 0 Å². The van der Waals surface area contributed by atoms with Crippen molar-refractivity contribution in [2.75, 3.05) is 6.61 Å². The van der Waals surface area contributed by atoms with Crippen LogP contribution in [0.15, 0.2) is 24.5 Å². The Hall–Kier alpha value is -2.96. The number of amides is 1. The van der Waals surface area contributed by atoms with Gasteiger partial charge in [0, 0.05) is 43.2 Å². The van der Waals surface area contributed by atoms with Crippen molar-refractivity contribution in [2.45, 2.75) is 74.0 Å². The van der Waals surface area contributed by atoms with E-state index in [-0.39, 0.29) is 24.2 Å². The Balaban J connectivity index is 2.48. The van der Waals surface area contributed by atoms with Crippen LogP contribution in [0.4, 0.5) is 0 Å². The number of Topliss-reactive ketones (excluding diaryl/α,β-unsaturated/α-hetero) is 1. The number of esters is 1. The Bertz CT molecular complexity index is 963. The van der Waals surface area contributed by atoms with Crippen LogP contribution < -0.4 is 0 Å². The number of aromatic nitrogens is 2. The molecule has 2 aromatic rings. The molecule has 0 radical (unpaired) electrons. The summed E-state index contributed by atoms with van der Waals surface area (Å²) in [6.45, 7) is 14.1. The third-order valence-electron chi connectivity index (χ3n) is 5.65. The zero-order valence-electron chi connectivity index (χ0n) is 20.3. The maximum atomic E-state index is 13.7. The second kappa shape index (κ2) is 11.1. The molecular weight excluding hydrogens is 406 g/mol. The SMILES string of the molecule is CCOC(=O)c1c(C)c(C(=O)C(C)N(Cc2ccncc2)C(=O)CC(C)C)c(C)n1CC. The monoisotopic (exact) mass is 441 g/mol. The molecule has 32 heavy (non-hydrogen) atoms. The molecule has 0 saturated carbocycles. The van der Waals surface area contributed by atoms with Gasteiger partial charge in [0.25, 0.3) is 0 Å². The molecular formula is C25H35N3O4. The van der Waals surface area contributed by atoms with E-state index in [9.17, 15) is 14.4 Å². The first-order chi connectivity index (χ1) is 15.1. The Labute approximate surface area is 190 Å². The number of carbonyl (C=O) groups is 3. The van der Waals surface area contributed by atoms with Crippen LogP contribution in [0, 0.1) is 19.8 Å². The van der Waals surface area contributed by atoms with E-state index < -0.39 is 12.0 Å². The molecule has 0 aliphatic rings. The van der Waals surface area contributed by atoms with Crippen molar-refractivity contribution in [3.63, 3.8) is 0 Å². The average Bonchev–Trinajstić information content (AvgIpc) is 3.00. The molecule has 1 atom stereocenters. The topological polar surface area (TPSA) is 81.5 Å². The van der Waals surface area contributed by atoms with Gasteiger partial charge in [0.1, 0.15) is 5.69 Å². The highest BCUT2D eigenvalue weighted by Gasteiger charge is 2.33. The first kappa shape index (κ1) is 25.3. The van der Waals surface area contributed by atoms with Gasteiger partial charge in [-0.25, -0.2) is 4.79 Å². The van der Waals surface area contributed by atoms with Crippen molar-refractivity contribution in [3.8, 4) is 0 Å². The van der Waals surface area contributed by atoms with Gasteiger partial charge >= 0.3 is 5.97 Å². The molecule has 0 aliphatic carbocycles. The molecule has 0 aromatic carbocycles. The number of carbonyl (C=O) groups excluding carboxylic acids is 3. The molecule has 0 aliphatic heterocycles. The van der Waals surface area contributed by atoms with E-state index in [1.54, 1.807) is 38.1 Å². The molecule has 0 fully saturated rings. The number of hydrogen-bond acceptors (Lipinski definition) is 5. The van der Waals surface area contributed by atoms with Gasteiger partial charge in [-0.05, 0) is 63.8 Å². The Morgan fingerprint density at radius 1 is 1.09 bits per heavy atom. The van der Waals surface area contributed by atoms with Crippen LogP contribution >= 0.6 is 0 Å². The minimum absolute atomic E-state index is 0.0755. The summed E-state index contributed by atoms with van der Waals surface area (Å²) in [5.41, 5.74) is 3.10. The standard InChI is InChI=1S/C25H35N3O4/c1-8-27-18(6)22(17(5)23(27)25(31)32-9-2)24(30)19(7)28(21(29)14-16(3)4)15-20-10-12-26-13-11-20/h10-13,16,19H,8-9,14-15H2,1-7H3.